The summed E-state index contributed by atoms with van der Waals surface area (Å²) in [7, 11) is 1.23. The van der Waals surface area contributed by atoms with E-state index in [1.807, 2.05) is 0 Å². The van der Waals surface area contributed by atoms with Crippen molar-refractivity contribution in [1.82, 2.24) is 4.98 Å². The Hall–Kier alpha value is -2.37. The van der Waals surface area contributed by atoms with Gasteiger partial charge in [-0.05, 0) is 23.8 Å². The van der Waals surface area contributed by atoms with Gasteiger partial charge in [-0.2, -0.15) is 13.2 Å². The third-order valence-electron chi connectivity index (χ3n) is 2.68. The van der Waals surface area contributed by atoms with Crippen LogP contribution in [0, 0.1) is 0 Å². The second kappa shape index (κ2) is 5.32. The molecule has 0 unspecified atom stereocenters. The number of carbonyl (C=O) groups is 1. The zero-order valence-electron chi connectivity index (χ0n) is 10.4. The molecule has 1 heterocycles. The largest absolute Gasteiger partial charge is 0.464 e. The van der Waals surface area contributed by atoms with Gasteiger partial charge in [0.15, 0.2) is 0 Å². The van der Waals surface area contributed by atoms with Gasteiger partial charge in [-0.25, -0.2) is 9.78 Å². The Labute approximate surface area is 113 Å². The van der Waals surface area contributed by atoms with Crippen LogP contribution in [0.3, 0.4) is 0 Å². The number of carbonyl (C=O) groups excluding carboxylic acids is 1. The van der Waals surface area contributed by atoms with Gasteiger partial charge in [0.1, 0.15) is 5.69 Å². The molecule has 0 bridgehead atoms. The van der Waals surface area contributed by atoms with Crippen molar-refractivity contribution in [2.45, 2.75) is 6.18 Å². The lowest BCUT2D eigenvalue weighted by molar-refractivity contribution is -0.137. The smallest absolute Gasteiger partial charge is 0.416 e. The first kappa shape index (κ1) is 14.0. The highest BCUT2D eigenvalue weighted by Crippen LogP contribution is 2.31. The fraction of sp³-hybridized carbons (Fsp3) is 0.143. The minimum atomic E-state index is -4.39. The van der Waals surface area contributed by atoms with Crippen LogP contribution in [-0.2, 0) is 10.9 Å². The summed E-state index contributed by atoms with van der Waals surface area (Å²) in [5.41, 5.74) is 0.239. The first-order valence-electron chi connectivity index (χ1n) is 5.64. The lowest BCUT2D eigenvalue weighted by Gasteiger charge is -2.08. The summed E-state index contributed by atoms with van der Waals surface area (Å²) in [6, 6.07) is 7.83. The van der Waals surface area contributed by atoms with Crippen LogP contribution in [-0.4, -0.2) is 18.1 Å². The van der Waals surface area contributed by atoms with Crippen LogP contribution in [0.2, 0.25) is 0 Å². The normalized spacial score (nSPS) is 11.2. The molecule has 0 fully saturated rings. The fourth-order valence-electron chi connectivity index (χ4n) is 1.67. The van der Waals surface area contributed by atoms with Gasteiger partial charge in [-0.3, -0.25) is 0 Å². The summed E-state index contributed by atoms with van der Waals surface area (Å²) >= 11 is 0. The van der Waals surface area contributed by atoms with E-state index < -0.39 is 17.7 Å². The molecule has 2 rings (SSSR count). The van der Waals surface area contributed by atoms with Crippen LogP contribution in [0.15, 0.2) is 42.6 Å². The molecule has 0 saturated heterocycles. The quantitative estimate of drug-likeness (QED) is 0.790. The third kappa shape index (κ3) is 2.96. The molecule has 104 valence electrons. The molecule has 20 heavy (non-hydrogen) atoms. The van der Waals surface area contributed by atoms with Crippen molar-refractivity contribution in [3.8, 4) is 11.1 Å². The third-order valence-corrected chi connectivity index (χ3v) is 2.68. The Kier molecular flexibility index (Phi) is 3.74. The minimum Gasteiger partial charge on any atom is -0.464 e. The zero-order chi connectivity index (χ0) is 14.8. The number of halogens is 3. The number of benzene rings is 1. The van der Waals surface area contributed by atoms with Gasteiger partial charge in [0, 0.05) is 11.8 Å². The molecule has 1 aromatic heterocycles. The van der Waals surface area contributed by atoms with Gasteiger partial charge in [0.2, 0.25) is 0 Å². The summed E-state index contributed by atoms with van der Waals surface area (Å²) in [5, 5.41) is 0. The highest BCUT2D eigenvalue weighted by Gasteiger charge is 2.30. The predicted octanol–water partition coefficient (Wildman–Crippen LogP) is 3.55. The van der Waals surface area contributed by atoms with E-state index in [-0.39, 0.29) is 5.69 Å². The Bertz CT molecular complexity index is 621. The molecular weight excluding hydrogens is 271 g/mol. The van der Waals surface area contributed by atoms with Crippen LogP contribution in [0.1, 0.15) is 16.1 Å². The molecule has 0 aliphatic heterocycles. The number of nitrogens with zero attached hydrogens (tertiary/aromatic N) is 1. The lowest BCUT2D eigenvalue weighted by atomic mass is 10.0. The number of alkyl halides is 3. The Morgan fingerprint density at radius 3 is 2.45 bits per heavy atom. The molecule has 0 saturated carbocycles. The molecule has 0 N–H and O–H groups in total. The number of ether oxygens (including phenoxy) is 1. The highest BCUT2D eigenvalue weighted by atomic mass is 19.4. The predicted molar refractivity (Wildman–Crippen MR) is 66.0 cm³/mol. The van der Waals surface area contributed by atoms with Crippen LogP contribution in [0.4, 0.5) is 13.2 Å². The number of rotatable bonds is 2. The molecule has 3 nitrogen and oxygen atoms in total. The maximum atomic E-state index is 12.6. The summed E-state index contributed by atoms with van der Waals surface area (Å²) in [5.74, 6) is -0.597. The topological polar surface area (TPSA) is 39.2 Å². The Morgan fingerprint density at radius 2 is 1.90 bits per heavy atom. The lowest BCUT2D eigenvalue weighted by Crippen LogP contribution is -2.05. The molecule has 0 aliphatic rings. The average Bonchev–Trinajstić information content (AvgIpc) is 2.46. The van der Waals surface area contributed by atoms with Gasteiger partial charge in [-0.15, -0.1) is 0 Å². The number of methoxy groups -OCH3 is 1. The van der Waals surface area contributed by atoms with Gasteiger partial charge < -0.3 is 4.74 Å². The Morgan fingerprint density at radius 1 is 1.15 bits per heavy atom. The van der Waals surface area contributed by atoms with E-state index in [1.54, 1.807) is 6.07 Å². The van der Waals surface area contributed by atoms with Crippen LogP contribution >= 0.6 is 0 Å². The van der Waals surface area contributed by atoms with Gasteiger partial charge >= 0.3 is 12.1 Å². The summed E-state index contributed by atoms with van der Waals surface area (Å²) in [6.07, 6.45) is -3.06. The number of esters is 1. The Balaban J connectivity index is 2.35. The maximum absolute atomic E-state index is 12.6. The molecule has 0 amide bonds. The second-order valence-electron chi connectivity index (χ2n) is 4.00. The van der Waals surface area contributed by atoms with E-state index in [2.05, 4.69) is 9.72 Å². The first-order chi connectivity index (χ1) is 9.41. The van der Waals surface area contributed by atoms with Gasteiger partial charge in [0.25, 0.3) is 0 Å². The average molecular weight is 281 g/mol. The minimum absolute atomic E-state index is 0.100. The number of hydrogen-bond donors (Lipinski definition) is 0. The summed E-state index contributed by atoms with van der Waals surface area (Å²) < 4.78 is 42.4. The first-order valence-corrected chi connectivity index (χ1v) is 5.64. The molecule has 6 heteroatoms. The highest BCUT2D eigenvalue weighted by molar-refractivity contribution is 5.87. The summed E-state index contributed by atoms with van der Waals surface area (Å²) in [6.45, 7) is 0. The number of aromatic nitrogens is 1. The monoisotopic (exact) mass is 281 g/mol. The molecule has 0 radical (unpaired) electrons. The van der Waals surface area contributed by atoms with Crippen molar-refractivity contribution < 1.29 is 22.7 Å². The fourth-order valence-corrected chi connectivity index (χ4v) is 1.67. The molecule has 1 aromatic carbocycles. The molecule has 0 spiro atoms. The molecule has 0 aliphatic carbocycles. The van der Waals surface area contributed by atoms with Crippen molar-refractivity contribution >= 4 is 5.97 Å². The second-order valence-corrected chi connectivity index (χ2v) is 4.00. The SMILES string of the molecule is COC(=O)c1ccc(-c2cccc(C(F)(F)F)c2)cn1. The zero-order valence-corrected chi connectivity index (χ0v) is 10.4. The van der Waals surface area contributed by atoms with E-state index in [9.17, 15) is 18.0 Å². The van der Waals surface area contributed by atoms with Crippen LogP contribution in [0.25, 0.3) is 11.1 Å². The van der Waals surface area contributed by atoms with Crippen LogP contribution in [0.5, 0.6) is 0 Å². The maximum Gasteiger partial charge on any atom is 0.416 e. The summed E-state index contributed by atoms with van der Waals surface area (Å²) in [4.78, 5) is 15.1. The number of hydrogen-bond acceptors (Lipinski definition) is 3. The van der Waals surface area contributed by atoms with E-state index in [4.69, 9.17) is 0 Å². The molecule has 2 aromatic rings. The number of pyridine rings is 1. The van der Waals surface area contributed by atoms with Crippen molar-refractivity contribution in [3.63, 3.8) is 0 Å². The van der Waals surface area contributed by atoms with Crippen molar-refractivity contribution in [1.29, 1.82) is 0 Å². The van der Waals surface area contributed by atoms with E-state index in [0.29, 0.717) is 11.1 Å². The molecular formula is C14H10F3NO2. The van der Waals surface area contributed by atoms with Gasteiger partial charge in [0.05, 0.1) is 12.7 Å². The van der Waals surface area contributed by atoms with Crippen LogP contribution < -0.4 is 0 Å². The van der Waals surface area contributed by atoms with E-state index in [1.165, 1.54) is 31.5 Å². The molecule has 0 atom stereocenters. The van der Waals surface area contributed by atoms with Gasteiger partial charge in [-0.1, -0.05) is 18.2 Å². The standard InChI is InChI=1S/C14H10F3NO2/c1-20-13(19)12-6-5-10(8-18-12)9-3-2-4-11(7-9)14(15,16)17/h2-8H,1H3. The van der Waals surface area contributed by atoms with E-state index >= 15 is 0 Å². The van der Waals surface area contributed by atoms with Crippen molar-refractivity contribution in [3.05, 3.63) is 53.9 Å². The van der Waals surface area contributed by atoms with E-state index in [0.717, 1.165) is 12.1 Å². The van der Waals surface area contributed by atoms with Crippen molar-refractivity contribution in [2.24, 2.45) is 0 Å². The van der Waals surface area contributed by atoms with Crippen molar-refractivity contribution in [2.75, 3.05) is 7.11 Å².